The molecule has 1 saturated heterocycles. The van der Waals surface area contributed by atoms with Crippen molar-refractivity contribution in [2.45, 2.75) is 52.9 Å². The predicted octanol–water partition coefficient (Wildman–Crippen LogP) is 3.30. The summed E-state index contributed by atoms with van der Waals surface area (Å²) in [6.07, 6.45) is 7.26. The first-order chi connectivity index (χ1) is 6.54. The Labute approximate surface area is 88.9 Å². The van der Waals surface area contributed by atoms with Gasteiger partial charge in [0.05, 0.1) is 0 Å². The van der Waals surface area contributed by atoms with Gasteiger partial charge in [0.15, 0.2) is 0 Å². The van der Waals surface area contributed by atoms with Gasteiger partial charge in [-0.2, -0.15) is 0 Å². The highest BCUT2D eigenvalue weighted by Gasteiger charge is 2.47. The third-order valence-corrected chi connectivity index (χ3v) is 4.63. The molecule has 0 amide bonds. The fourth-order valence-electron chi connectivity index (χ4n) is 3.12. The van der Waals surface area contributed by atoms with E-state index in [1.54, 1.807) is 0 Å². The summed E-state index contributed by atoms with van der Waals surface area (Å²) < 4.78 is 0. The van der Waals surface area contributed by atoms with E-state index in [0.29, 0.717) is 10.8 Å². The van der Waals surface area contributed by atoms with E-state index in [1.165, 1.54) is 51.7 Å². The zero-order valence-corrected chi connectivity index (χ0v) is 10.1. The van der Waals surface area contributed by atoms with Crippen LogP contribution in [0.3, 0.4) is 0 Å². The lowest BCUT2D eigenvalue weighted by molar-refractivity contribution is -0.0307. The second-order valence-electron chi connectivity index (χ2n) is 6.37. The molecule has 1 aliphatic heterocycles. The van der Waals surface area contributed by atoms with Gasteiger partial charge in [-0.05, 0) is 49.6 Å². The first-order valence-corrected chi connectivity index (χ1v) is 6.26. The van der Waals surface area contributed by atoms with Gasteiger partial charge < -0.3 is 4.90 Å². The Bertz CT molecular complexity index is 192. The number of nitrogens with zero attached hydrogens (tertiary/aromatic N) is 1. The summed E-state index contributed by atoms with van der Waals surface area (Å²) in [5.74, 6) is 0. The highest BCUT2D eigenvalue weighted by molar-refractivity contribution is 4.98. The van der Waals surface area contributed by atoms with Crippen LogP contribution in [0.25, 0.3) is 0 Å². The highest BCUT2D eigenvalue weighted by atomic mass is 15.1. The SMILES string of the molecule is CC(C)(C)C1(CN2CCCC2)CCC1. The van der Waals surface area contributed by atoms with Crippen LogP contribution in [0.15, 0.2) is 0 Å². The average molecular weight is 195 g/mol. The van der Waals surface area contributed by atoms with Crippen LogP contribution in [0.2, 0.25) is 0 Å². The monoisotopic (exact) mass is 195 g/mol. The molecule has 82 valence electrons. The minimum absolute atomic E-state index is 0.508. The Kier molecular flexibility index (Phi) is 2.63. The van der Waals surface area contributed by atoms with E-state index in [9.17, 15) is 0 Å². The van der Waals surface area contributed by atoms with Crippen molar-refractivity contribution in [3.8, 4) is 0 Å². The molecule has 0 unspecified atom stereocenters. The van der Waals surface area contributed by atoms with Gasteiger partial charge >= 0.3 is 0 Å². The van der Waals surface area contributed by atoms with E-state index in [1.807, 2.05) is 0 Å². The standard InChI is InChI=1S/C13H25N/c1-12(2,3)13(7-6-8-13)11-14-9-4-5-10-14/h4-11H2,1-3H3. The summed E-state index contributed by atoms with van der Waals surface area (Å²) in [6, 6.07) is 0. The molecule has 14 heavy (non-hydrogen) atoms. The van der Waals surface area contributed by atoms with Crippen LogP contribution in [-0.2, 0) is 0 Å². The van der Waals surface area contributed by atoms with Gasteiger partial charge in [0, 0.05) is 6.54 Å². The molecule has 1 aliphatic carbocycles. The number of hydrogen-bond acceptors (Lipinski definition) is 1. The van der Waals surface area contributed by atoms with E-state index in [2.05, 4.69) is 25.7 Å². The Morgan fingerprint density at radius 1 is 1.00 bits per heavy atom. The van der Waals surface area contributed by atoms with E-state index in [0.717, 1.165) is 0 Å². The fourth-order valence-corrected chi connectivity index (χ4v) is 3.12. The normalized spacial score (nSPS) is 27.6. The van der Waals surface area contributed by atoms with Crippen molar-refractivity contribution >= 4 is 0 Å². The Hall–Kier alpha value is -0.0400. The van der Waals surface area contributed by atoms with Crippen LogP contribution < -0.4 is 0 Å². The second kappa shape index (κ2) is 3.52. The molecule has 1 saturated carbocycles. The smallest absolute Gasteiger partial charge is 0.00430 e. The van der Waals surface area contributed by atoms with Crippen molar-refractivity contribution in [3.63, 3.8) is 0 Å². The molecule has 0 atom stereocenters. The molecule has 0 aromatic rings. The zero-order valence-electron chi connectivity index (χ0n) is 10.1. The molecule has 2 fully saturated rings. The van der Waals surface area contributed by atoms with E-state index < -0.39 is 0 Å². The van der Waals surface area contributed by atoms with Crippen LogP contribution in [0, 0.1) is 10.8 Å². The third kappa shape index (κ3) is 1.71. The Balaban J connectivity index is 1.98. The summed E-state index contributed by atoms with van der Waals surface area (Å²) in [5, 5.41) is 0. The van der Waals surface area contributed by atoms with Crippen LogP contribution in [0.4, 0.5) is 0 Å². The Morgan fingerprint density at radius 2 is 1.57 bits per heavy atom. The van der Waals surface area contributed by atoms with Gasteiger partial charge in [0.25, 0.3) is 0 Å². The molecule has 0 N–H and O–H groups in total. The van der Waals surface area contributed by atoms with Gasteiger partial charge in [0.1, 0.15) is 0 Å². The van der Waals surface area contributed by atoms with E-state index >= 15 is 0 Å². The average Bonchev–Trinajstić information content (AvgIpc) is 2.45. The van der Waals surface area contributed by atoms with Crippen molar-refractivity contribution in [3.05, 3.63) is 0 Å². The Morgan fingerprint density at radius 3 is 1.93 bits per heavy atom. The zero-order chi connectivity index (χ0) is 10.2. The van der Waals surface area contributed by atoms with Crippen molar-refractivity contribution in [1.82, 2.24) is 4.90 Å². The van der Waals surface area contributed by atoms with Gasteiger partial charge in [-0.1, -0.05) is 27.2 Å². The topological polar surface area (TPSA) is 3.24 Å². The molecular formula is C13H25N. The molecule has 2 rings (SSSR count). The molecule has 0 spiro atoms. The minimum Gasteiger partial charge on any atom is -0.303 e. The van der Waals surface area contributed by atoms with Crippen molar-refractivity contribution in [2.24, 2.45) is 10.8 Å². The molecule has 2 aliphatic rings. The summed E-state index contributed by atoms with van der Waals surface area (Å²) in [6.45, 7) is 11.4. The first kappa shape index (κ1) is 10.5. The quantitative estimate of drug-likeness (QED) is 0.653. The highest BCUT2D eigenvalue weighted by Crippen LogP contribution is 2.54. The van der Waals surface area contributed by atoms with Gasteiger partial charge in [0.2, 0.25) is 0 Å². The number of rotatable bonds is 2. The molecule has 0 radical (unpaired) electrons. The molecular weight excluding hydrogens is 170 g/mol. The maximum atomic E-state index is 2.70. The van der Waals surface area contributed by atoms with Crippen LogP contribution in [0.1, 0.15) is 52.9 Å². The predicted molar refractivity (Wildman–Crippen MR) is 61.4 cm³/mol. The van der Waals surface area contributed by atoms with E-state index in [4.69, 9.17) is 0 Å². The molecule has 0 aromatic carbocycles. The molecule has 0 aromatic heterocycles. The number of hydrogen-bond donors (Lipinski definition) is 0. The lowest BCUT2D eigenvalue weighted by Crippen LogP contribution is -2.49. The van der Waals surface area contributed by atoms with Crippen molar-refractivity contribution < 1.29 is 0 Å². The van der Waals surface area contributed by atoms with Crippen LogP contribution in [-0.4, -0.2) is 24.5 Å². The fraction of sp³-hybridized carbons (Fsp3) is 1.00. The lowest BCUT2D eigenvalue weighted by atomic mass is 9.55. The van der Waals surface area contributed by atoms with Crippen molar-refractivity contribution in [1.29, 1.82) is 0 Å². The summed E-state index contributed by atoms with van der Waals surface area (Å²) >= 11 is 0. The van der Waals surface area contributed by atoms with Crippen LogP contribution in [0.5, 0.6) is 0 Å². The first-order valence-electron chi connectivity index (χ1n) is 6.26. The summed E-state index contributed by atoms with van der Waals surface area (Å²) in [5.41, 5.74) is 1.16. The maximum Gasteiger partial charge on any atom is 0.00430 e. The van der Waals surface area contributed by atoms with Gasteiger partial charge in [-0.25, -0.2) is 0 Å². The third-order valence-electron chi connectivity index (χ3n) is 4.63. The minimum atomic E-state index is 0.508. The largest absolute Gasteiger partial charge is 0.303 e. The number of likely N-dealkylation sites (tertiary alicyclic amines) is 1. The molecule has 1 nitrogen and oxygen atoms in total. The van der Waals surface area contributed by atoms with Crippen molar-refractivity contribution in [2.75, 3.05) is 19.6 Å². The summed E-state index contributed by atoms with van der Waals surface area (Å²) in [4.78, 5) is 2.70. The molecule has 1 heteroatoms. The van der Waals surface area contributed by atoms with Crippen LogP contribution >= 0.6 is 0 Å². The van der Waals surface area contributed by atoms with E-state index in [-0.39, 0.29) is 0 Å². The lowest BCUT2D eigenvalue weighted by Gasteiger charge is -2.53. The summed E-state index contributed by atoms with van der Waals surface area (Å²) in [7, 11) is 0. The van der Waals surface area contributed by atoms with Gasteiger partial charge in [-0.15, -0.1) is 0 Å². The second-order valence-corrected chi connectivity index (χ2v) is 6.37. The molecule has 0 bridgehead atoms. The molecule has 1 heterocycles. The van der Waals surface area contributed by atoms with Gasteiger partial charge in [-0.3, -0.25) is 0 Å². The maximum absolute atomic E-state index is 2.70.